The predicted molar refractivity (Wildman–Crippen MR) is 111 cm³/mol. The van der Waals surface area contributed by atoms with Crippen LogP contribution < -0.4 is 14.8 Å². The lowest BCUT2D eigenvalue weighted by Gasteiger charge is -2.37. The minimum absolute atomic E-state index is 0.134. The van der Waals surface area contributed by atoms with Gasteiger partial charge in [0, 0.05) is 19.1 Å². The quantitative estimate of drug-likeness (QED) is 0.757. The second-order valence-electron chi connectivity index (χ2n) is 7.23. The van der Waals surface area contributed by atoms with E-state index in [1.165, 1.54) is 11.1 Å². The van der Waals surface area contributed by atoms with Gasteiger partial charge in [-0.2, -0.15) is 0 Å². The Bertz CT molecular complexity index is 806. The number of methoxy groups -OCH3 is 2. The molecule has 1 aliphatic heterocycles. The maximum absolute atomic E-state index is 12.8. The lowest BCUT2D eigenvalue weighted by atomic mass is 9.93. The average molecular weight is 383 g/mol. The van der Waals surface area contributed by atoms with Crippen molar-refractivity contribution in [2.45, 2.75) is 38.8 Å². The Kier molecular flexibility index (Phi) is 6.93. The minimum atomic E-state index is -0.134. The molecule has 0 spiro atoms. The maximum Gasteiger partial charge on any atom is 0.255 e. The summed E-state index contributed by atoms with van der Waals surface area (Å²) in [5.74, 6) is 1.06. The van der Waals surface area contributed by atoms with Gasteiger partial charge in [-0.25, -0.2) is 0 Å². The zero-order valence-electron chi connectivity index (χ0n) is 17.0. The molecule has 150 valence electrons. The summed E-state index contributed by atoms with van der Waals surface area (Å²) in [5.41, 5.74) is 3.28. The molecule has 1 amide bonds. The Morgan fingerprint density at radius 3 is 2.64 bits per heavy atom. The van der Waals surface area contributed by atoms with E-state index < -0.39 is 0 Å². The van der Waals surface area contributed by atoms with Gasteiger partial charge in [-0.1, -0.05) is 37.6 Å². The Labute approximate surface area is 167 Å². The van der Waals surface area contributed by atoms with E-state index in [1.54, 1.807) is 32.4 Å². The molecule has 0 saturated carbocycles. The molecule has 0 unspecified atom stereocenters. The topological polar surface area (TPSA) is 50.8 Å². The van der Waals surface area contributed by atoms with Crippen molar-refractivity contribution < 1.29 is 14.3 Å². The molecule has 2 aromatic carbocycles. The summed E-state index contributed by atoms with van der Waals surface area (Å²) in [4.78, 5) is 15.3. The van der Waals surface area contributed by atoms with Crippen LogP contribution in [0.25, 0.3) is 0 Å². The molecule has 1 aliphatic rings. The van der Waals surface area contributed by atoms with Crippen molar-refractivity contribution in [3.8, 4) is 11.5 Å². The molecule has 2 aromatic rings. The number of unbranched alkanes of at least 4 members (excludes halogenated alkanes) is 1. The molecule has 1 N–H and O–H groups in total. The van der Waals surface area contributed by atoms with Crippen LogP contribution in [0.1, 0.15) is 41.3 Å². The smallest absolute Gasteiger partial charge is 0.255 e. The number of amides is 1. The molecule has 0 aliphatic carbocycles. The van der Waals surface area contributed by atoms with E-state index in [-0.39, 0.29) is 5.91 Å². The first-order chi connectivity index (χ1) is 13.7. The van der Waals surface area contributed by atoms with Crippen LogP contribution in [0.3, 0.4) is 0 Å². The lowest BCUT2D eigenvalue weighted by Crippen LogP contribution is -2.47. The van der Waals surface area contributed by atoms with Crippen molar-refractivity contribution in [3.05, 3.63) is 59.2 Å². The summed E-state index contributed by atoms with van der Waals surface area (Å²) in [7, 11) is 3.16. The fourth-order valence-corrected chi connectivity index (χ4v) is 3.76. The SMILES string of the molecule is CCCCN1Cc2ccccc2C[C@H]1CNC(=O)c1cc(OC)ccc1OC. The Balaban J connectivity index is 1.72. The summed E-state index contributed by atoms with van der Waals surface area (Å²) in [6, 6.07) is 14.2. The van der Waals surface area contributed by atoms with Crippen molar-refractivity contribution in [1.82, 2.24) is 10.2 Å². The summed E-state index contributed by atoms with van der Waals surface area (Å²) < 4.78 is 10.6. The van der Waals surface area contributed by atoms with E-state index in [0.29, 0.717) is 29.6 Å². The van der Waals surface area contributed by atoms with Gasteiger partial charge in [0.1, 0.15) is 11.5 Å². The summed E-state index contributed by atoms with van der Waals surface area (Å²) in [5, 5.41) is 3.12. The van der Waals surface area contributed by atoms with Crippen LogP contribution in [0.4, 0.5) is 0 Å². The molecule has 0 bridgehead atoms. The van der Waals surface area contributed by atoms with Gasteiger partial charge in [0.2, 0.25) is 0 Å². The van der Waals surface area contributed by atoms with Gasteiger partial charge in [0.25, 0.3) is 5.91 Å². The highest BCUT2D eigenvalue weighted by Gasteiger charge is 2.26. The highest BCUT2D eigenvalue weighted by atomic mass is 16.5. The fraction of sp³-hybridized carbons (Fsp3) is 0.435. The van der Waals surface area contributed by atoms with E-state index in [4.69, 9.17) is 9.47 Å². The monoisotopic (exact) mass is 382 g/mol. The number of benzene rings is 2. The largest absolute Gasteiger partial charge is 0.497 e. The molecule has 5 nitrogen and oxygen atoms in total. The minimum Gasteiger partial charge on any atom is -0.497 e. The van der Waals surface area contributed by atoms with Crippen LogP contribution in [0, 0.1) is 0 Å². The van der Waals surface area contributed by atoms with Crippen molar-refractivity contribution in [2.24, 2.45) is 0 Å². The van der Waals surface area contributed by atoms with E-state index in [0.717, 1.165) is 32.4 Å². The first kappa shape index (κ1) is 20.2. The van der Waals surface area contributed by atoms with Gasteiger partial charge in [0.15, 0.2) is 0 Å². The molecule has 1 heterocycles. The average Bonchev–Trinajstić information content (AvgIpc) is 2.75. The second-order valence-corrected chi connectivity index (χ2v) is 7.23. The van der Waals surface area contributed by atoms with Gasteiger partial charge in [0.05, 0.1) is 19.8 Å². The molecule has 0 fully saturated rings. The number of nitrogens with zero attached hydrogens (tertiary/aromatic N) is 1. The van der Waals surface area contributed by atoms with Crippen LogP contribution in [-0.2, 0) is 13.0 Å². The van der Waals surface area contributed by atoms with E-state index in [2.05, 4.69) is 41.4 Å². The summed E-state index contributed by atoms with van der Waals surface area (Å²) in [6.07, 6.45) is 3.28. The third-order valence-corrected chi connectivity index (χ3v) is 5.41. The summed E-state index contributed by atoms with van der Waals surface area (Å²) >= 11 is 0. The number of rotatable bonds is 8. The Morgan fingerprint density at radius 2 is 1.93 bits per heavy atom. The molecular weight excluding hydrogens is 352 g/mol. The molecule has 28 heavy (non-hydrogen) atoms. The van der Waals surface area contributed by atoms with Gasteiger partial charge in [-0.05, 0) is 48.7 Å². The van der Waals surface area contributed by atoms with E-state index >= 15 is 0 Å². The van der Waals surface area contributed by atoms with E-state index in [1.807, 2.05) is 0 Å². The molecule has 0 aromatic heterocycles. The van der Waals surface area contributed by atoms with Crippen molar-refractivity contribution >= 4 is 5.91 Å². The maximum atomic E-state index is 12.8. The lowest BCUT2D eigenvalue weighted by molar-refractivity contribution is 0.0921. The number of carbonyl (C=O) groups excluding carboxylic acids is 1. The van der Waals surface area contributed by atoms with Crippen molar-refractivity contribution in [2.75, 3.05) is 27.3 Å². The van der Waals surface area contributed by atoms with Crippen LogP contribution in [0.15, 0.2) is 42.5 Å². The molecule has 1 atom stereocenters. The van der Waals surface area contributed by atoms with Gasteiger partial charge >= 0.3 is 0 Å². The van der Waals surface area contributed by atoms with Gasteiger partial charge in [-0.3, -0.25) is 9.69 Å². The normalized spacial score (nSPS) is 16.3. The number of carbonyl (C=O) groups is 1. The number of ether oxygens (including phenoxy) is 2. The third kappa shape index (κ3) is 4.65. The van der Waals surface area contributed by atoms with Crippen LogP contribution in [0.2, 0.25) is 0 Å². The number of hydrogen-bond donors (Lipinski definition) is 1. The second kappa shape index (κ2) is 9.60. The van der Waals surface area contributed by atoms with Crippen LogP contribution in [0.5, 0.6) is 11.5 Å². The van der Waals surface area contributed by atoms with Gasteiger partial charge in [-0.15, -0.1) is 0 Å². The summed E-state index contributed by atoms with van der Waals surface area (Å²) in [6.45, 7) is 4.81. The zero-order chi connectivity index (χ0) is 19.9. The molecule has 3 rings (SSSR count). The standard InChI is InChI=1S/C23H30N2O3/c1-4-5-12-25-16-18-9-7-6-8-17(18)13-19(25)15-24-23(26)21-14-20(27-2)10-11-22(21)28-3/h6-11,14,19H,4-5,12-13,15-16H2,1-3H3,(H,24,26)/t19-/m0/s1. The van der Waals surface area contributed by atoms with Crippen LogP contribution >= 0.6 is 0 Å². The molecule has 0 radical (unpaired) electrons. The van der Waals surface area contributed by atoms with Crippen LogP contribution in [-0.4, -0.2) is 44.2 Å². The third-order valence-electron chi connectivity index (χ3n) is 5.41. The highest BCUT2D eigenvalue weighted by Crippen LogP contribution is 2.25. The fourth-order valence-electron chi connectivity index (χ4n) is 3.76. The Hall–Kier alpha value is -2.53. The first-order valence-electron chi connectivity index (χ1n) is 9.97. The highest BCUT2D eigenvalue weighted by molar-refractivity contribution is 5.97. The molecule has 5 heteroatoms. The zero-order valence-corrected chi connectivity index (χ0v) is 17.0. The number of fused-ring (bicyclic) bond motifs is 1. The first-order valence-corrected chi connectivity index (χ1v) is 9.97. The molecular formula is C23H30N2O3. The van der Waals surface area contributed by atoms with Gasteiger partial charge < -0.3 is 14.8 Å². The number of hydrogen-bond acceptors (Lipinski definition) is 4. The van der Waals surface area contributed by atoms with Crippen molar-refractivity contribution in [3.63, 3.8) is 0 Å². The van der Waals surface area contributed by atoms with Crippen molar-refractivity contribution in [1.29, 1.82) is 0 Å². The molecule has 0 saturated heterocycles. The number of nitrogens with one attached hydrogen (secondary N) is 1. The Morgan fingerprint density at radius 1 is 1.14 bits per heavy atom. The predicted octanol–water partition coefficient (Wildman–Crippen LogP) is 3.66. The van der Waals surface area contributed by atoms with E-state index in [9.17, 15) is 4.79 Å².